The van der Waals surface area contributed by atoms with E-state index >= 15 is 0 Å². The highest BCUT2D eigenvalue weighted by atomic mass is 127. The molecule has 2 rings (SSSR count). The van der Waals surface area contributed by atoms with Gasteiger partial charge < -0.3 is 20.3 Å². The largest absolute Gasteiger partial charge is 0.484 e. The zero-order chi connectivity index (χ0) is 20.4. The quantitative estimate of drug-likeness (QED) is 0.224. The maximum absolute atomic E-state index is 12.2. The Morgan fingerprint density at radius 3 is 2.55 bits per heavy atom. The molecule has 1 aromatic rings. The second kappa shape index (κ2) is 12.8. The molecule has 1 aromatic carbocycles. The van der Waals surface area contributed by atoms with Crippen molar-refractivity contribution in [2.45, 2.75) is 38.9 Å². The SMILES string of the molecule is CCNC(=NCc1ccc(OCC(F)(F)F)cc1)NCCCN1CCCC1=O.I. The summed E-state index contributed by atoms with van der Waals surface area (Å²) in [6.45, 7) is 4.04. The molecular weight excluding hydrogens is 500 g/mol. The molecule has 0 aliphatic carbocycles. The highest BCUT2D eigenvalue weighted by Gasteiger charge is 2.28. The van der Waals surface area contributed by atoms with Gasteiger partial charge in [0, 0.05) is 32.6 Å². The number of aliphatic imine (C=N–C) groups is 1. The van der Waals surface area contributed by atoms with E-state index < -0.39 is 12.8 Å². The van der Waals surface area contributed by atoms with E-state index in [1.165, 1.54) is 12.1 Å². The number of ether oxygens (including phenoxy) is 1. The van der Waals surface area contributed by atoms with Crippen LogP contribution in [0.25, 0.3) is 0 Å². The number of alkyl halides is 3. The molecule has 164 valence electrons. The van der Waals surface area contributed by atoms with Crippen molar-refractivity contribution in [1.82, 2.24) is 15.5 Å². The van der Waals surface area contributed by atoms with Gasteiger partial charge in [-0.15, -0.1) is 24.0 Å². The number of hydrogen-bond acceptors (Lipinski definition) is 3. The van der Waals surface area contributed by atoms with Gasteiger partial charge in [0.25, 0.3) is 0 Å². The van der Waals surface area contributed by atoms with Crippen LogP contribution in [-0.2, 0) is 11.3 Å². The summed E-state index contributed by atoms with van der Waals surface area (Å²) in [5.74, 6) is 1.06. The first-order chi connectivity index (χ1) is 13.4. The maximum atomic E-state index is 12.2. The van der Waals surface area contributed by atoms with E-state index in [4.69, 9.17) is 4.74 Å². The molecule has 0 bridgehead atoms. The second-order valence-electron chi connectivity index (χ2n) is 6.51. The fourth-order valence-electron chi connectivity index (χ4n) is 2.79. The van der Waals surface area contributed by atoms with E-state index in [1.807, 2.05) is 11.8 Å². The van der Waals surface area contributed by atoms with Gasteiger partial charge in [0.15, 0.2) is 12.6 Å². The number of nitrogens with one attached hydrogen (secondary N) is 2. The number of carbonyl (C=O) groups is 1. The molecule has 2 N–H and O–H groups in total. The van der Waals surface area contributed by atoms with Gasteiger partial charge in [-0.3, -0.25) is 4.79 Å². The lowest BCUT2D eigenvalue weighted by atomic mass is 10.2. The minimum Gasteiger partial charge on any atom is -0.484 e. The minimum atomic E-state index is -4.35. The number of guanidine groups is 1. The second-order valence-corrected chi connectivity index (χ2v) is 6.51. The lowest BCUT2D eigenvalue weighted by molar-refractivity contribution is -0.153. The number of likely N-dealkylation sites (tertiary alicyclic amines) is 1. The van der Waals surface area contributed by atoms with Gasteiger partial charge >= 0.3 is 6.18 Å². The van der Waals surface area contributed by atoms with Crippen LogP contribution >= 0.6 is 24.0 Å². The topological polar surface area (TPSA) is 66.0 Å². The van der Waals surface area contributed by atoms with Crippen molar-refractivity contribution in [2.75, 3.05) is 32.8 Å². The van der Waals surface area contributed by atoms with Crippen LogP contribution in [0, 0.1) is 0 Å². The summed E-state index contributed by atoms with van der Waals surface area (Å²) in [4.78, 5) is 17.9. The molecule has 1 heterocycles. The fraction of sp³-hybridized carbons (Fsp3) is 0.579. The van der Waals surface area contributed by atoms with E-state index in [-0.39, 0.29) is 35.6 Å². The van der Waals surface area contributed by atoms with Crippen LogP contribution in [0.15, 0.2) is 29.3 Å². The van der Waals surface area contributed by atoms with Crippen molar-refractivity contribution in [1.29, 1.82) is 0 Å². The van der Waals surface area contributed by atoms with E-state index in [2.05, 4.69) is 15.6 Å². The molecule has 10 heteroatoms. The van der Waals surface area contributed by atoms with E-state index in [0.29, 0.717) is 32.0 Å². The summed E-state index contributed by atoms with van der Waals surface area (Å²) < 4.78 is 41.2. The number of hydrogen-bond donors (Lipinski definition) is 2. The van der Waals surface area contributed by atoms with Crippen LogP contribution in [0.1, 0.15) is 31.7 Å². The third-order valence-electron chi connectivity index (χ3n) is 4.16. The van der Waals surface area contributed by atoms with Gasteiger partial charge in [0.05, 0.1) is 6.54 Å². The molecule has 6 nitrogen and oxygen atoms in total. The van der Waals surface area contributed by atoms with Crippen LogP contribution in [0.4, 0.5) is 13.2 Å². The Morgan fingerprint density at radius 2 is 1.97 bits per heavy atom. The summed E-state index contributed by atoms with van der Waals surface area (Å²) in [7, 11) is 0. The van der Waals surface area contributed by atoms with Crippen molar-refractivity contribution in [3.05, 3.63) is 29.8 Å². The Kier molecular flexibility index (Phi) is 11.1. The average Bonchev–Trinajstić information content (AvgIpc) is 3.06. The van der Waals surface area contributed by atoms with Crippen LogP contribution in [0.2, 0.25) is 0 Å². The Hall–Kier alpha value is -1.72. The van der Waals surface area contributed by atoms with Gasteiger partial charge in [-0.1, -0.05) is 12.1 Å². The molecule has 0 aromatic heterocycles. The number of amides is 1. The van der Waals surface area contributed by atoms with Crippen molar-refractivity contribution >= 4 is 35.8 Å². The molecule has 0 atom stereocenters. The standard InChI is InChI=1S/C19H27F3N4O2.HI/c1-2-23-18(24-10-4-12-26-11-3-5-17(26)27)25-13-15-6-8-16(9-7-15)28-14-19(20,21)22;/h6-9H,2-5,10-14H2,1H3,(H2,23,24,25);1H. The molecule has 1 aliphatic heterocycles. The third-order valence-corrected chi connectivity index (χ3v) is 4.16. The smallest absolute Gasteiger partial charge is 0.422 e. The molecule has 0 radical (unpaired) electrons. The van der Waals surface area contributed by atoms with Crippen molar-refractivity contribution in [3.8, 4) is 5.75 Å². The molecule has 0 saturated carbocycles. The molecule has 1 saturated heterocycles. The van der Waals surface area contributed by atoms with Gasteiger partial charge in [-0.2, -0.15) is 13.2 Å². The fourth-order valence-corrected chi connectivity index (χ4v) is 2.79. The Balaban J connectivity index is 0.00000420. The number of rotatable bonds is 9. The van der Waals surface area contributed by atoms with Crippen molar-refractivity contribution in [2.24, 2.45) is 4.99 Å². The van der Waals surface area contributed by atoms with E-state index in [9.17, 15) is 18.0 Å². The van der Waals surface area contributed by atoms with Gasteiger partial charge in [0.2, 0.25) is 5.91 Å². The predicted molar refractivity (Wildman–Crippen MR) is 117 cm³/mol. The zero-order valence-corrected chi connectivity index (χ0v) is 18.8. The summed E-state index contributed by atoms with van der Waals surface area (Å²) in [5, 5.41) is 6.38. The molecule has 0 unspecified atom stereocenters. The number of halogens is 4. The summed E-state index contributed by atoms with van der Waals surface area (Å²) in [6.07, 6.45) is -1.92. The first-order valence-electron chi connectivity index (χ1n) is 9.46. The molecule has 1 fully saturated rings. The molecule has 0 spiro atoms. The highest BCUT2D eigenvalue weighted by Crippen LogP contribution is 2.19. The van der Waals surface area contributed by atoms with Crippen LogP contribution < -0.4 is 15.4 Å². The summed E-state index contributed by atoms with van der Waals surface area (Å²) in [6, 6.07) is 6.39. The highest BCUT2D eigenvalue weighted by molar-refractivity contribution is 14.0. The Morgan fingerprint density at radius 1 is 1.24 bits per heavy atom. The first kappa shape index (κ1) is 25.3. The Labute approximate surface area is 186 Å². The number of nitrogens with zero attached hydrogens (tertiary/aromatic N) is 2. The maximum Gasteiger partial charge on any atom is 0.422 e. The van der Waals surface area contributed by atoms with Gasteiger partial charge in [-0.25, -0.2) is 4.99 Å². The normalized spacial score (nSPS) is 14.6. The summed E-state index contributed by atoms with van der Waals surface area (Å²) in [5.41, 5.74) is 0.860. The number of carbonyl (C=O) groups excluding carboxylic acids is 1. The lowest BCUT2D eigenvalue weighted by Gasteiger charge is -2.16. The van der Waals surface area contributed by atoms with Crippen molar-refractivity contribution < 1.29 is 22.7 Å². The Bertz CT molecular complexity index is 654. The molecule has 29 heavy (non-hydrogen) atoms. The lowest BCUT2D eigenvalue weighted by Crippen LogP contribution is -2.39. The van der Waals surface area contributed by atoms with E-state index in [0.717, 1.165) is 31.5 Å². The van der Waals surface area contributed by atoms with Gasteiger partial charge in [0.1, 0.15) is 5.75 Å². The molecular formula is C19H28F3IN4O2. The predicted octanol–water partition coefficient (Wildman–Crippen LogP) is 3.31. The van der Waals surface area contributed by atoms with Crippen LogP contribution in [0.3, 0.4) is 0 Å². The van der Waals surface area contributed by atoms with Crippen LogP contribution in [-0.4, -0.2) is 55.7 Å². The van der Waals surface area contributed by atoms with Crippen molar-refractivity contribution in [3.63, 3.8) is 0 Å². The van der Waals surface area contributed by atoms with E-state index in [1.54, 1.807) is 12.1 Å². The zero-order valence-electron chi connectivity index (χ0n) is 16.4. The average molecular weight is 528 g/mol. The third kappa shape index (κ3) is 10.0. The molecule has 1 amide bonds. The summed E-state index contributed by atoms with van der Waals surface area (Å²) >= 11 is 0. The number of benzene rings is 1. The minimum absolute atomic E-state index is 0. The first-order valence-corrected chi connectivity index (χ1v) is 9.46. The molecule has 1 aliphatic rings. The monoisotopic (exact) mass is 528 g/mol. The van der Waals surface area contributed by atoms with Crippen LogP contribution in [0.5, 0.6) is 5.75 Å². The van der Waals surface area contributed by atoms with Gasteiger partial charge in [-0.05, 0) is 37.5 Å².